The third-order valence-corrected chi connectivity index (χ3v) is 4.15. The zero-order valence-corrected chi connectivity index (χ0v) is 11.8. The summed E-state index contributed by atoms with van der Waals surface area (Å²) < 4.78 is 26.3. The first-order valence-corrected chi connectivity index (χ1v) is 6.86. The Morgan fingerprint density at radius 1 is 1.30 bits per heavy atom. The molecule has 110 valence electrons. The summed E-state index contributed by atoms with van der Waals surface area (Å²) in [5.41, 5.74) is 5.54. The van der Waals surface area contributed by atoms with Crippen LogP contribution in [-0.4, -0.2) is 11.9 Å². The van der Waals surface area contributed by atoms with E-state index in [1.165, 1.54) is 0 Å². The summed E-state index contributed by atoms with van der Waals surface area (Å²) in [5, 5.41) is 2.90. The normalized spacial score (nSPS) is 21.5. The van der Waals surface area contributed by atoms with Crippen molar-refractivity contribution in [2.45, 2.75) is 45.6 Å². The third-order valence-electron chi connectivity index (χ3n) is 4.15. The fourth-order valence-electron chi connectivity index (χ4n) is 2.76. The Morgan fingerprint density at radius 2 is 1.95 bits per heavy atom. The molecule has 2 rings (SSSR count). The van der Waals surface area contributed by atoms with Crippen LogP contribution in [0.3, 0.4) is 0 Å². The van der Waals surface area contributed by atoms with Crippen LogP contribution in [-0.2, 0) is 0 Å². The molecule has 1 aliphatic carbocycles. The van der Waals surface area contributed by atoms with Crippen molar-refractivity contribution in [1.29, 1.82) is 0 Å². The molecule has 1 aliphatic rings. The molecule has 1 saturated carbocycles. The standard InChI is InChI=1S/C15H20F2N2O/c1-15(2)6-4-3-5-13(15)19-14(20)9-7-10(16)11(17)8-12(9)18/h7-8,13H,3-6,18H2,1-2H3,(H,19,20). The van der Waals surface area contributed by atoms with E-state index < -0.39 is 17.5 Å². The van der Waals surface area contributed by atoms with Crippen molar-refractivity contribution in [3.05, 3.63) is 29.3 Å². The van der Waals surface area contributed by atoms with Crippen LogP contribution in [0.1, 0.15) is 49.9 Å². The molecule has 3 N–H and O–H groups in total. The van der Waals surface area contributed by atoms with Crippen molar-refractivity contribution >= 4 is 11.6 Å². The van der Waals surface area contributed by atoms with Gasteiger partial charge in [0.2, 0.25) is 0 Å². The van der Waals surface area contributed by atoms with Gasteiger partial charge >= 0.3 is 0 Å². The lowest BCUT2D eigenvalue weighted by Crippen LogP contribution is -2.47. The number of nitrogen functional groups attached to an aromatic ring is 1. The number of hydrogen-bond acceptors (Lipinski definition) is 2. The van der Waals surface area contributed by atoms with E-state index in [1.54, 1.807) is 0 Å². The summed E-state index contributed by atoms with van der Waals surface area (Å²) in [6, 6.07) is 1.72. The monoisotopic (exact) mass is 282 g/mol. The molecular formula is C15H20F2N2O. The lowest BCUT2D eigenvalue weighted by Gasteiger charge is -2.39. The average Bonchev–Trinajstić information content (AvgIpc) is 2.36. The van der Waals surface area contributed by atoms with Crippen molar-refractivity contribution < 1.29 is 13.6 Å². The minimum atomic E-state index is -1.06. The highest BCUT2D eigenvalue weighted by Crippen LogP contribution is 2.35. The summed E-state index contributed by atoms with van der Waals surface area (Å²) >= 11 is 0. The number of benzene rings is 1. The summed E-state index contributed by atoms with van der Waals surface area (Å²) in [7, 11) is 0. The molecule has 3 nitrogen and oxygen atoms in total. The van der Waals surface area contributed by atoms with Crippen LogP contribution in [0.25, 0.3) is 0 Å². The van der Waals surface area contributed by atoms with E-state index in [-0.39, 0.29) is 22.7 Å². The molecule has 0 aliphatic heterocycles. The molecule has 1 amide bonds. The van der Waals surface area contributed by atoms with Gasteiger partial charge in [0.25, 0.3) is 5.91 Å². The van der Waals surface area contributed by atoms with E-state index in [0.717, 1.165) is 37.8 Å². The second-order valence-corrected chi connectivity index (χ2v) is 6.11. The van der Waals surface area contributed by atoms with Gasteiger partial charge in [0, 0.05) is 17.8 Å². The van der Waals surface area contributed by atoms with Crippen molar-refractivity contribution in [2.24, 2.45) is 5.41 Å². The first-order chi connectivity index (χ1) is 9.31. The second kappa shape index (κ2) is 5.38. The minimum Gasteiger partial charge on any atom is -0.398 e. The molecule has 1 unspecified atom stereocenters. The molecule has 20 heavy (non-hydrogen) atoms. The van der Waals surface area contributed by atoms with Crippen LogP contribution in [0.4, 0.5) is 14.5 Å². The maximum absolute atomic E-state index is 13.2. The Morgan fingerprint density at radius 3 is 2.60 bits per heavy atom. The van der Waals surface area contributed by atoms with Gasteiger partial charge < -0.3 is 11.1 Å². The zero-order chi connectivity index (χ0) is 14.9. The highest BCUT2D eigenvalue weighted by Gasteiger charge is 2.33. The first-order valence-electron chi connectivity index (χ1n) is 6.86. The van der Waals surface area contributed by atoms with Gasteiger partial charge in [-0.05, 0) is 24.3 Å². The van der Waals surface area contributed by atoms with Gasteiger partial charge in [0.15, 0.2) is 11.6 Å². The molecule has 1 fully saturated rings. The van der Waals surface area contributed by atoms with E-state index in [4.69, 9.17) is 5.73 Å². The number of carbonyl (C=O) groups excluding carboxylic acids is 1. The molecule has 0 saturated heterocycles. The number of nitrogens with two attached hydrogens (primary N) is 1. The van der Waals surface area contributed by atoms with Crippen LogP contribution in [0, 0.1) is 17.0 Å². The van der Waals surface area contributed by atoms with Gasteiger partial charge in [-0.1, -0.05) is 26.7 Å². The Balaban J connectivity index is 2.18. The van der Waals surface area contributed by atoms with E-state index in [2.05, 4.69) is 19.2 Å². The lowest BCUT2D eigenvalue weighted by atomic mass is 9.73. The third kappa shape index (κ3) is 2.92. The highest BCUT2D eigenvalue weighted by atomic mass is 19.2. The minimum absolute atomic E-state index is 0.00124. The smallest absolute Gasteiger partial charge is 0.253 e. The molecule has 0 aromatic heterocycles. The molecule has 1 aromatic rings. The quantitative estimate of drug-likeness (QED) is 0.818. The van der Waals surface area contributed by atoms with E-state index >= 15 is 0 Å². The van der Waals surface area contributed by atoms with E-state index in [9.17, 15) is 13.6 Å². The highest BCUT2D eigenvalue weighted by molar-refractivity contribution is 5.99. The van der Waals surface area contributed by atoms with Gasteiger partial charge in [0.05, 0.1) is 5.56 Å². The van der Waals surface area contributed by atoms with Gasteiger partial charge in [-0.25, -0.2) is 8.78 Å². The maximum Gasteiger partial charge on any atom is 0.253 e. The van der Waals surface area contributed by atoms with Crippen LogP contribution in [0.15, 0.2) is 12.1 Å². The van der Waals surface area contributed by atoms with Gasteiger partial charge in [-0.3, -0.25) is 4.79 Å². The topological polar surface area (TPSA) is 55.1 Å². The maximum atomic E-state index is 13.2. The second-order valence-electron chi connectivity index (χ2n) is 6.11. The number of rotatable bonds is 2. The largest absolute Gasteiger partial charge is 0.398 e. The molecule has 5 heteroatoms. The van der Waals surface area contributed by atoms with Crippen LogP contribution < -0.4 is 11.1 Å². The number of hydrogen-bond donors (Lipinski definition) is 2. The molecule has 1 atom stereocenters. The van der Waals surface area contributed by atoms with E-state index in [1.807, 2.05) is 0 Å². The Kier molecular flexibility index (Phi) is 3.97. The van der Waals surface area contributed by atoms with Crippen molar-refractivity contribution in [1.82, 2.24) is 5.32 Å². The molecule has 0 spiro atoms. The number of amides is 1. The van der Waals surface area contributed by atoms with Crippen LogP contribution in [0.5, 0.6) is 0 Å². The number of anilines is 1. The van der Waals surface area contributed by atoms with Crippen LogP contribution in [0.2, 0.25) is 0 Å². The SMILES string of the molecule is CC1(C)CCCCC1NC(=O)c1cc(F)c(F)cc1N. The molecular weight excluding hydrogens is 262 g/mol. The van der Waals surface area contributed by atoms with Crippen molar-refractivity contribution in [2.75, 3.05) is 5.73 Å². The van der Waals surface area contributed by atoms with Gasteiger partial charge in [0.1, 0.15) is 0 Å². The average molecular weight is 282 g/mol. The van der Waals surface area contributed by atoms with Gasteiger partial charge in [-0.2, -0.15) is 0 Å². The predicted molar refractivity (Wildman–Crippen MR) is 74.3 cm³/mol. The number of halogens is 2. The fraction of sp³-hybridized carbons (Fsp3) is 0.533. The van der Waals surface area contributed by atoms with Crippen LogP contribution >= 0.6 is 0 Å². The number of nitrogens with one attached hydrogen (secondary N) is 1. The molecule has 0 heterocycles. The van der Waals surface area contributed by atoms with Gasteiger partial charge in [-0.15, -0.1) is 0 Å². The Bertz CT molecular complexity index is 529. The fourth-order valence-corrected chi connectivity index (χ4v) is 2.76. The van der Waals surface area contributed by atoms with E-state index in [0.29, 0.717) is 0 Å². The van der Waals surface area contributed by atoms with Crippen molar-refractivity contribution in [3.8, 4) is 0 Å². The summed E-state index contributed by atoms with van der Waals surface area (Å²) in [6.45, 7) is 4.21. The number of carbonyl (C=O) groups is 1. The predicted octanol–water partition coefficient (Wildman–Crippen LogP) is 3.25. The Hall–Kier alpha value is -1.65. The molecule has 1 aromatic carbocycles. The summed E-state index contributed by atoms with van der Waals surface area (Å²) in [6.07, 6.45) is 4.13. The van der Waals surface area contributed by atoms with Crippen molar-refractivity contribution in [3.63, 3.8) is 0 Å². The summed E-state index contributed by atoms with van der Waals surface area (Å²) in [4.78, 5) is 12.2. The first kappa shape index (κ1) is 14.8. The lowest BCUT2D eigenvalue weighted by molar-refractivity contribution is 0.0854. The molecule has 0 radical (unpaired) electrons. The molecule has 0 bridgehead atoms. The summed E-state index contributed by atoms with van der Waals surface area (Å²) in [5.74, 6) is -2.55. The zero-order valence-electron chi connectivity index (χ0n) is 11.8. The Labute approximate surface area is 117 Å².